The second kappa shape index (κ2) is 6.16. The van der Waals surface area contributed by atoms with E-state index in [1.165, 1.54) is 0 Å². The average Bonchev–Trinajstić information content (AvgIpc) is 2.75. The molecule has 0 aliphatic carbocycles. The van der Waals surface area contributed by atoms with Crippen molar-refractivity contribution in [3.63, 3.8) is 0 Å². The van der Waals surface area contributed by atoms with E-state index < -0.39 is 5.41 Å². The number of rotatable bonds is 5. The Morgan fingerprint density at radius 2 is 1.76 bits per heavy atom. The Morgan fingerprint density at radius 3 is 2.19 bits per heavy atom. The molecule has 1 amide bonds. The van der Waals surface area contributed by atoms with Crippen molar-refractivity contribution in [2.75, 3.05) is 0 Å². The summed E-state index contributed by atoms with van der Waals surface area (Å²) in [6.07, 6.45) is 0.836. The van der Waals surface area contributed by atoms with Crippen LogP contribution in [0.3, 0.4) is 0 Å². The Morgan fingerprint density at radius 1 is 1.19 bits per heavy atom. The van der Waals surface area contributed by atoms with Crippen molar-refractivity contribution in [1.82, 2.24) is 15.5 Å². The number of hydrogen-bond acceptors (Lipinski definition) is 4. The van der Waals surface area contributed by atoms with Crippen molar-refractivity contribution in [2.45, 2.75) is 73.3 Å². The third-order valence-electron chi connectivity index (χ3n) is 3.36. The maximum absolute atomic E-state index is 12.4. The van der Waals surface area contributed by atoms with Crippen LogP contribution in [-0.2, 0) is 10.2 Å². The molecule has 0 spiro atoms. The second-order valence-electron chi connectivity index (χ2n) is 7.88. The van der Waals surface area contributed by atoms with Gasteiger partial charge in [0, 0.05) is 10.8 Å². The fourth-order valence-electron chi connectivity index (χ4n) is 2.28. The standard InChI is InChI=1S/C16H29N3O2/c1-10(2)9-16(7,8)14(20)17-11(3)12-18-13(19-21-12)15(4,5)6/h10-11H,9H2,1-8H3,(H,17,20)/t11-/m1/s1. The normalized spacial score (nSPS) is 14.3. The van der Waals surface area contributed by atoms with Gasteiger partial charge in [0.2, 0.25) is 11.8 Å². The Hall–Kier alpha value is -1.39. The highest BCUT2D eigenvalue weighted by atomic mass is 16.5. The van der Waals surface area contributed by atoms with Crippen LogP contribution >= 0.6 is 0 Å². The van der Waals surface area contributed by atoms with Crippen LogP contribution in [0.15, 0.2) is 4.52 Å². The fraction of sp³-hybridized carbons (Fsp3) is 0.812. The van der Waals surface area contributed by atoms with Crippen LogP contribution in [0.2, 0.25) is 0 Å². The van der Waals surface area contributed by atoms with Crippen LogP contribution in [-0.4, -0.2) is 16.0 Å². The van der Waals surface area contributed by atoms with E-state index in [1.54, 1.807) is 0 Å². The van der Waals surface area contributed by atoms with E-state index in [0.717, 1.165) is 6.42 Å². The summed E-state index contributed by atoms with van der Waals surface area (Å²) >= 11 is 0. The molecule has 120 valence electrons. The summed E-state index contributed by atoms with van der Waals surface area (Å²) < 4.78 is 5.27. The van der Waals surface area contributed by atoms with E-state index >= 15 is 0 Å². The Kier molecular flexibility index (Phi) is 5.18. The Balaban J connectivity index is 2.75. The van der Waals surface area contributed by atoms with E-state index in [-0.39, 0.29) is 17.4 Å². The molecule has 1 atom stereocenters. The molecular formula is C16H29N3O2. The largest absolute Gasteiger partial charge is 0.344 e. The third-order valence-corrected chi connectivity index (χ3v) is 3.36. The first-order valence-corrected chi connectivity index (χ1v) is 7.58. The Bertz CT molecular complexity index is 484. The van der Waals surface area contributed by atoms with Gasteiger partial charge in [-0.15, -0.1) is 0 Å². The minimum Gasteiger partial charge on any atom is -0.344 e. The van der Waals surface area contributed by atoms with Gasteiger partial charge in [0.1, 0.15) is 6.04 Å². The number of amides is 1. The number of carbonyl (C=O) groups excluding carboxylic acids is 1. The number of aromatic nitrogens is 2. The van der Waals surface area contributed by atoms with Gasteiger partial charge in [-0.2, -0.15) is 4.98 Å². The minimum atomic E-state index is -0.407. The average molecular weight is 295 g/mol. The van der Waals surface area contributed by atoms with Crippen molar-refractivity contribution in [3.05, 3.63) is 11.7 Å². The van der Waals surface area contributed by atoms with Crippen molar-refractivity contribution in [2.24, 2.45) is 11.3 Å². The van der Waals surface area contributed by atoms with Crippen LogP contribution in [0.25, 0.3) is 0 Å². The van der Waals surface area contributed by atoms with Crippen LogP contribution < -0.4 is 5.32 Å². The number of nitrogens with zero attached hydrogens (tertiary/aromatic N) is 2. The summed E-state index contributed by atoms with van der Waals surface area (Å²) in [7, 11) is 0. The maximum atomic E-state index is 12.4. The molecule has 1 heterocycles. The predicted octanol–water partition coefficient (Wildman–Crippen LogP) is 3.62. The highest BCUT2D eigenvalue weighted by molar-refractivity contribution is 5.82. The lowest BCUT2D eigenvalue weighted by atomic mass is 9.83. The van der Waals surface area contributed by atoms with E-state index in [9.17, 15) is 4.79 Å². The van der Waals surface area contributed by atoms with E-state index in [2.05, 4.69) is 29.3 Å². The predicted molar refractivity (Wildman–Crippen MR) is 82.8 cm³/mol. The molecule has 0 saturated heterocycles. The molecule has 1 aromatic rings. The molecule has 0 aliphatic heterocycles. The van der Waals surface area contributed by atoms with Crippen molar-refractivity contribution >= 4 is 5.91 Å². The van der Waals surface area contributed by atoms with Gasteiger partial charge in [-0.3, -0.25) is 4.79 Å². The molecule has 0 radical (unpaired) electrons. The summed E-state index contributed by atoms with van der Waals surface area (Å²) in [4.78, 5) is 16.8. The highest BCUT2D eigenvalue weighted by Gasteiger charge is 2.31. The molecule has 0 aromatic carbocycles. The van der Waals surface area contributed by atoms with Gasteiger partial charge in [0.15, 0.2) is 5.82 Å². The minimum absolute atomic E-state index is 0.0132. The van der Waals surface area contributed by atoms with Crippen LogP contribution in [0.5, 0.6) is 0 Å². The maximum Gasteiger partial charge on any atom is 0.248 e. The van der Waals surface area contributed by atoms with Crippen LogP contribution in [0.1, 0.15) is 79.6 Å². The van der Waals surface area contributed by atoms with Gasteiger partial charge in [-0.25, -0.2) is 0 Å². The molecule has 1 N–H and O–H groups in total. The number of hydrogen-bond donors (Lipinski definition) is 1. The molecule has 0 aliphatic rings. The van der Waals surface area contributed by atoms with Crippen molar-refractivity contribution in [3.8, 4) is 0 Å². The lowest BCUT2D eigenvalue weighted by molar-refractivity contribution is -0.131. The topological polar surface area (TPSA) is 68.0 Å². The second-order valence-corrected chi connectivity index (χ2v) is 7.88. The Labute approximate surface area is 127 Å². The third kappa shape index (κ3) is 4.83. The van der Waals surface area contributed by atoms with Gasteiger partial charge in [-0.05, 0) is 19.3 Å². The van der Waals surface area contributed by atoms with Crippen molar-refractivity contribution in [1.29, 1.82) is 0 Å². The molecule has 0 bridgehead atoms. The zero-order valence-electron chi connectivity index (χ0n) is 14.6. The van der Waals surface area contributed by atoms with Gasteiger partial charge in [0.25, 0.3) is 0 Å². The van der Waals surface area contributed by atoms with E-state index in [0.29, 0.717) is 17.6 Å². The molecular weight excluding hydrogens is 266 g/mol. The van der Waals surface area contributed by atoms with Crippen LogP contribution in [0.4, 0.5) is 0 Å². The lowest BCUT2D eigenvalue weighted by Gasteiger charge is -2.26. The smallest absolute Gasteiger partial charge is 0.248 e. The summed E-state index contributed by atoms with van der Waals surface area (Å²) in [6.45, 7) is 16.1. The molecule has 1 rings (SSSR count). The van der Waals surface area contributed by atoms with Gasteiger partial charge in [-0.1, -0.05) is 53.6 Å². The van der Waals surface area contributed by atoms with Gasteiger partial charge >= 0.3 is 0 Å². The number of nitrogens with one attached hydrogen (secondary N) is 1. The molecule has 5 nitrogen and oxygen atoms in total. The van der Waals surface area contributed by atoms with Gasteiger partial charge < -0.3 is 9.84 Å². The molecule has 5 heteroatoms. The summed E-state index contributed by atoms with van der Waals surface area (Å²) in [5.74, 6) is 1.59. The molecule has 0 unspecified atom stereocenters. The number of carbonyl (C=O) groups is 1. The zero-order chi connectivity index (χ0) is 16.4. The molecule has 1 aromatic heterocycles. The summed E-state index contributed by atoms with van der Waals surface area (Å²) in [5.41, 5.74) is -0.572. The lowest BCUT2D eigenvalue weighted by Crippen LogP contribution is -2.39. The summed E-state index contributed by atoms with van der Waals surface area (Å²) in [5, 5.41) is 6.96. The first kappa shape index (κ1) is 17.7. The van der Waals surface area contributed by atoms with E-state index in [4.69, 9.17) is 4.52 Å². The fourth-order valence-corrected chi connectivity index (χ4v) is 2.28. The first-order chi connectivity index (χ1) is 9.43. The highest BCUT2D eigenvalue weighted by Crippen LogP contribution is 2.27. The molecule has 0 fully saturated rings. The monoisotopic (exact) mass is 295 g/mol. The summed E-state index contributed by atoms with van der Waals surface area (Å²) in [6, 6.07) is -0.285. The zero-order valence-corrected chi connectivity index (χ0v) is 14.6. The SMILES string of the molecule is CC(C)CC(C)(C)C(=O)N[C@H](C)c1nc(C(C)(C)C)no1. The van der Waals surface area contributed by atoms with Crippen molar-refractivity contribution < 1.29 is 9.32 Å². The molecule has 0 saturated carbocycles. The van der Waals surface area contributed by atoms with E-state index in [1.807, 2.05) is 41.5 Å². The first-order valence-electron chi connectivity index (χ1n) is 7.58. The molecule has 21 heavy (non-hydrogen) atoms. The van der Waals surface area contributed by atoms with Gasteiger partial charge in [0.05, 0.1) is 0 Å². The quantitative estimate of drug-likeness (QED) is 0.901. The van der Waals surface area contributed by atoms with Crippen LogP contribution in [0, 0.1) is 11.3 Å².